The van der Waals surface area contributed by atoms with Crippen molar-refractivity contribution in [3.8, 4) is 11.6 Å². The summed E-state index contributed by atoms with van der Waals surface area (Å²) in [5.41, 5.74) is 3.11. The quantitative estimate of drug-likeness (QED) is 0.450. The lowest BCUT2D eigenvalue weighted by Crippen LogP contribution is -2.16. The van der Waals surface area contributed by atoms with Crippen LogP contribution in [0.25, 0.3) is 0 Å². The Labute approximate surface area is 199 Å². The topological polar surface area (TPSA) is 105 Å². The molecule has 0 bridgehead atoms. The molecule has 8 nitrogen and oxygen atoms in total. The molecule has 0 saturated carbocycles. The largest absolute Gasteiger partial charge is 0.496 e. The maximum atomic E-state index is 13.7. The molecule has 0 atom stereocenters. The molecule has 0 aliphatic heterocycles. The number of benzene rings is 2. The van der Waals surface area contributed by atoms with E-state index < -0.39 is 15.6 Å². The highest BCUT2D eigenvalue weighted by molar-refractivity contribution is 7.90. The van der Waals surface area contributed by atoms with Crippen molar-refractivity contribution in [2.24, 2.45) is 7.05 Å². The molecule has 0 aliphatic carbocycles. The van der Waals surface area contributed by atoms with Crippen LogP contribution in [0.4, 0.5) is 0 Å². The van der Waals surface area contributed by atoms with Crippen molar-refractivity contribution in [3.63, 3.8) is 0 Å². The average molecular weight is 485 g/mol. The first kappa shape index (κ1) is 25.2. The molecule has 0 amide bonds. The van der Waals surface area contributed by atoms with Crippen LogP contribution in [0.15, 0.2) is 35.2 Å². The molecule has 9 heteroatoms. The molecule has 2 aromatic carbocycles. The van der Waals surface area contributed by atoms with Crippen molar-refractivity contribution in [2.75, 3.05) is 20.0 Å². The molecule has 0 N–H and O–H groups in total. The van der Waals surface area contributed by atoms with Gasteiger partial charge in [-0.2, -0.15) is 5.10 Å². The fourth-order valence-electron chi connectivity index (χ4n) is 4.11. The Hall–Kier alpha value is -3.46. The SMILES string of the molecule is COc1c(C(=O)c2c(C)nn(C)c2OCC(=O)c2ccc(C)cc2)cc(C)c(S(C)(=O)=O)c1C. The van der Waals surface area contributed by atoms with Gasteiger partial charge in [0.25, 0.3) is 0 Å². The summed E-state index contributed by atoms with van der Waals surface area (Å²) >= 11 is 0. The van der Waals surface area contributed by atoms with E-state index in [-0.39, 0.29) is 40.0 Å². The zero-order chi connectivity index (χ0) is 25.4. The van der Waals surface area contributed by atoms with E-state index in [1.54, 1.807) is 40.0 Å². The second-order valence-corrected chi connectivity index (χ2v) is 10.2. The van der Waals surface area contributed by atoms with Gasteiger partial charge in [0, 0.05) is 24.4 Å². The zero-order valence-corrected chi connectivity index (χ0v) is 21.2. The summed E-state index contributed by atoms with van der Waals surface area (Å²) < 4.78 is 37.2. The molecule has 1 aromatic heterocycles. The minimum Gasteiger partial charge on any atom is -0.496 e. The Balaban J connectivity index is 2.02. The van der Waals surface area contributed by atoms with Crippen molar-refractivity contribution < 1.29 is 27.5 Å². The van der Waals surface area contributed by atoms with E-state index in [0.717, 1.165) is 11.8 Å². The average Bonchev–Trinajstić information content (AvgIpc) is 3.03. The molecule has 0 aliphatic rings. The molecule has 0 fully saturated rings. The first-order valence-electron chi connectivity index (χ1n) is 10.6. The molecule has 34 heavy (non-hydrogen) atoms. The second-order valence-electron chi connectivity index (χ2n) is 8.30. The van der Waals surface area contributed by atoms with Gasteiger partial charge in [-0.3, -0.25) is 9.59 Å². The number of ketones is 2. The lowest BCUT2D eigenvalue weighted by atomic mass is 9.97. The minimum atomic E-state index is -3.53. The summed E-state index contributed by atoms with van der Waals surface area (Å²) in [4.78, 5) is 26.4. The molecule has 3 rings (SSSR count). The Morgan fingerprint density at radius 3 is 2.24 bits per heavy atom. The summed E-state index contributed by atoms with van der Waals surface area (Å²) in [7, 11) is -0.529. The molecule has 3 aromatic rings. The van der Waals surface area contributed by atoms with Crippen molar-refractivity contribution in [2.45, 2.75) is 32.6 Å². The first-order valence-corrected chi connectivity index (χ1v) is 12.4. The van der Waals surface area contributed by atoms with Gasteiger partial charge in [-0.15, -0.1) is 0 Å². The van der Waals surface area contributed by atoms with E-state index in [2.05, 4.69) is 5.10 Å². The lowest BCUT2D eigenvalue weighted by molar-refractivity contribution is 0.0908. The van der Waals surface area contributed by atoms with Gasteiger partial charge in [0.1, 0.15) is 11.3 Å². The van der Waals surface area contributed by atoms with Gasteiger partial charge >= 0.3 is 0 Å². The van der Waals surface area contributed by atoms with E-state index in [1.165, 1.54) is 17.9 Å². The van der Waals surface area contributed by atoms with Crippen LogP contribution in [-0.4, -0.2) is 49.7 Å². The molecule has 0 spiro atoms. The van der Waals surface area contributed by atoms with E-state index in [1.807, 2.05) is 19.1 Å². The summed E-state index contributed by atoms with van der Waals surface area (Å²) in [5, 5.41) is 4.30. The third-order valence-corrected chi connectivity index (χ3v) is 6.94. The van der Waals surface area contributed by atoms with Gasteiger partial charge in [0.2, 0.25) is 11.7 Å². The highest BCUT2D eigenvalue weighted by Crippen LogP contribution is 2.35. The second kappa shape index (κ2) is 9.42. The lowest BCUT2D eigenvalue weighted by Gasteiger charge is -2.17. The molecule has 180 valence electrons. The van der Waals surface area contributed by atoms with Gasteiger partial charge in [0.05, 0.1) is 23.3 Å². The van der Waals surface area contributed by atoms with Crippen molar-refractivity contribution in [1.29, 1.82) is 0 Å². The number of carbonyl (C=O) groups excluding carboxylic acids is 2. The molecular formula is C25H28N2O6S. The van der Waals surface area contributed by atoms with Gasteiger partial charge in [-0.25, -0.2) is 13.1 Å². The zero-order valence-electron chi connectivity index (χ0n) is 20.3. The summed E-state index contributed by atoms with van der Waals surface area (Å²) in [6, 6.07) is 8.63. The number of ether oxygens (including phenoxy) is 2. The maximum absolute atomic E-state index is 13.7. The fourth-order valence-corrected chi connectivity index (χ4v) is 5.40. The number of aromatic nitrogens is 2. The molecular weight excluding hydrogens is 456 g/mol. The highest BCUT2D eigenvalue weighted by atomic mass is 32.2. The normalized spacial score (nSPS) is 11.4. The number of nitrogens with zero attached hydrogens (tertiary/aromatic N) is 2. The number of rotatable bonds is 8. The molecule has 0 saturated heterocycles. The number of sulfone groups is 1. The molecule has 1 heterocycles. The monoisotopic (exact) mass is 484 g/mol. The number of methoxy groups -OCH3 is 1. The van der Waals surface area contributed by atoms with Gasteiger partial charge in [-0.05, 0) is 39.3 Å². The van der Waals surface area contributed by atoms with Crippen LogP contribution < -0.4 is 9.47 Å². The summed E-state index contributed by atoms with van der Waals surface area (Å²) in [6.45, 7) is 6.56. The third kappa shape index (κ3) is 4.75. The Kier molecular flexibility index (Phi) is 6.97. The number of aryl methyl sites for hydroxylation is 4. The van der Waals surface area contributed by atoms with Crippen LogP contribution in [0, 0.1) is 27.7 Å². The molecule has 0 unspecified atom stereocenters. The number of hydrogen-bond donors (Lipinski definition) is 0. The number of carbonyl (C=O) groups is 2. The fraction of sp³-hybridized carbons (Fsp3) is 0.320. The predicted molar refractivity (Wildman–Crippen MR) is 128 cm³/mol. The van der Waals surface area contributed by atoms with Crippen LogP contribution >= 0.6 is 0 Å². The number of hydrogen-bond acceptors (Lipinski definition) is 7. The first-order chi connectivity index (χ1) is 15.9. The van der Waals surface area contributed by atoms with Crippen molar-refractivity contribution in [3.05, 3.63) is 69.4 Å². The van der Waals surface area contributed by atoms with E-state index in [9.17, 15) is 18.0 Å². The molecule has 0 radical (unpaired) electrons. The Bertz CT molecular complexity index is 1390. The van der Waals surface area contributed by atoms with E-state index in [4.69, 9.17) is 9.47 Å². The van der Waals surface area contributed by atoms with Gasteiger partial charge < -0.3 is 9.47 Å². The van der Waals surface area contributed by atoms with Crippen LogP contribution in [-0.2, 0) is 16.9 Å². The highest BCUT2D eigenvalue weighted by Gasteiger charge is 2.29. The Morgan fingerprint density at radius 1 is 1.06 bits per heavy atom. The van der Waals surface area contributed by atoms with Crippen molar-refractivity contribution in [1.82, 2.24) is 9.78 Å². The predicted octanol–water partition coefficient (Wildman–Crippen LogP) is 3.56. The number of Topliss-reactive ketones (excluding diaryl/α,β-unsaturated/α-hetero) is 1. The van der Waals surface area contributed by atoms with Crippen LogP contribution in [0.3, 0.4) is 0 Å². The smallest absolute Gasteiger partial charge is 0.223 e. The minimum absolute atomic E-state index is 0.129. The summed E-state index contributed by atoms with van der Waals surface area (Å²) in [6.07, 6.45) is 1.12. The van der Waals surface area contributed by atoms with E-state index >= 15 is 0 Å². The third-order valence-electron chi connectivity index (χ3n) is 5.57. The Morgan fingerprint density at radius 2 is 1.68 bits per heavy atom. The van der Waals surface area contributed by atoms with Crippen LogP contribution in [0.1, 0.15) is 48.7 Å². The summed E-state index contributed by atoms with van der Waals surface area (Å²) in [5.74, 6) is -0.362. The van der Waals surface area contributed by atoms with Gasteiger partial charge in [0.15, 0.2) is 22.2 Å². The van der Waals surface area contributed by atoms with Crippen molar-refractivity contribution >= 4 is 21.4 Å². The maximum Gasteiger partial charge on any atom is 0.223 e. The van der Waals surface area contributed by atoms with Crippen LogP contribution in [0.5, 0.6) is 11.6 Å². The van der Waals surface area contributed by atoms with Crippen LogP contribution in [0.2, 0.25) is 0 Å². The van der Waals surface area contributed by atoms with Gasteiger partial charge in [-0.1, -0.05) is 29.8 Å². The van der Waals surface area contributed by atoms with E-state index in [0.29, 0.717) is 22.4 Å². The standard InChI is InChI=1S/C25H28N2O6S/c1-14-8-10-18(11-9-14)20(28)13-33-25-21(17(4)26-27(25)5)22(29)19-12-15(2)24(34(7,30)31)16(3)23(19)32-6/h8-12H,13H2,1-7H3.